The second kappa shape index (κ2) is 7.29. The highest BCUT2D eigenvalue weighted by Crippen LogP contribution is 2.26. The molecule has 1 saturated carbocycles. The van der Waals surface area contributed by atoms with E-state index < -0.39 is 0 Å². The largest absolute Gasteiger partial charge is 0.381 e. The second-order valence-electron chi connectivity index (χ2n) is 5.58. The van der Waals surface area contributed by atoms with Crippen LogP contribution in [0.3, 0.4) is 0 Å². The first-order valence-corrected chi connectivity index (χ1v) is 7.23. The molecule has 0 bridgehead atoms. The molecule has 1 unspecified atom stereocenters. The van der Waals surface area contributed by atoms with Gasteiger partial charge in [0.25, 0.3) is 0 Å². The lowest BCUT2D eigenvalue weighted by atomic mass is 9.86. The molecule has 0 aromatic heterocycles. The van der Waals surface area contributed by atoms with Crippen molar-refractivity contribution in [1.29, 1.82) is 0 Å². The lowest BCUT2D eigenvalue weighted by molar-refractivity contribution is 0.185. The Morgan fingerprint density at radius 1 is 1.00 bits per heavy atom. The van der Waals surface area contributed by atoms with E-state index in [-0.39, 0.29) is 0 Å². The Balaban J connectivity index is 1.42. The van der Waals surface area contributed by atoms with E-state index in [9.17, 15) is 0 Å². The summed E-state index contributed by atoms with van der Waals surface area (Å²) in [5.41, 5.74) is 0. The maximum Gasteiger partial charge on any atom is 0.0507 e. The molecule has 1 aliphatic heterocycles. The van der Waals surface area contributed by atoms with Crippen molar-refractivity contribution in [3.63, 3.8) is 0 Å². The molecule has 1 atom stereocenters. The van der Waals surface area contributed by atoms with E-state index in [4.69, 9.17) is 4.74 Å². The fourth-order valence-electron chi connectivity index (χ4n) is 3.04. The molecule has 1 heterocycles. The van der Waals surface area contributed by atoms with Gasteiger partial charge in [-0.05, 0) is 37.6 Å². The van der Waals surface area contributed by atoms with Crippen LogP contribution in [0.25, 0.3) is 0 Å². The van der Waals surface area contributed by atoms with Gasteiger partial charge in [-0.2, -0.15) is 0 Å². The van der Waals surface area contributed by atoms with Gasteiger partial charge in [-0.1, -0.05) is 32.1 Å². The minimum absolute atomic E-state index is 0.787. The van der Waals surface area contributed by atoms with Crippen molar-refractivity contribution in [2.45, 2.75) is 51.4 Å². The zero-order valence-corrected chi connectivity index (χ0v) is 10.5. The van der Waals surface area contributed by atoms with Crippen molar-refractivity contribution in [2.24, 2.45) is 11.8 Å². The first-order valence-electron chi connectivity index (χ1n) is 7.23. The van der Waals surface area contributed by atoms with Crippen molar-refractivity contribution in [3.05, 3.63) is 0 Å². The second-order valence-corrected chi connectivity index (χ2v) is 5.58. The van der Waals surface area contributed by atoms with E-state index in [0.717, 1.165) is 25.0 Å². The van der Waals surface area contributed by atoms with Gasteiger partial charge in [0.05, 0.1) is 6.61 Å². The van der Waals surface area contributed by atoms with E-state index in [1.54, 1.807) is 0 Å². The predicted molar refractivity (Wildman–Crippen MR) is 67.6 cm³/mol. The van der Waals surface area contributed by atoms with Gasteiger partial charge in [0.15, 0.2) is 0 Å². The van der Waals surface area contributed by atoms with Crippen LogP contribution in [0.2, 0.25) is 0 Å². The molecule has 2 nitrogen and oxygen atoms in total. The lowest BCUT2D eigenvalue weighted by Gasteiger charge is -2.21. The third-order valence-corrected chi connectivity index (χ3v) is 4.15. The van der Waals surface area contributed by atoms with Crippen molar-refractivity contribution in [2.75, 3.05) is 26.3 Å². The summed E-state index contributed by atoms with van der Waals surface area (Å²) in [6.07, 6.45) is 11.5. The number of hydrogen-bond donors (Lipinski definition) is 1. The highest BCUT2D eigenvalue weighted by molar-refractivity contribution is 4.68. The third kappa shape index (κ3) is 4.42. The standard InChI is InChI=1S/C14H27NO/c1-2-5-13(6-3-1)7-4-9-15-11-14-8-10-16-12-14/h13-15H,1-12H2. The summed E-state index contributed by atoms with van der Waals surface area (Å²) >= 11 is 0. The summed E-state index contributed by atoms with van der Waals surface area (Å²) in [5.74, 6) is 1.83. The Morgan fingerprint density at radius 2 is 1.88 bits per heavy atom. The number of ether oxygens (including phenoxy) is 1. The average molecular weight is 225 g/mol. The van der Waals surface area contributed by atoms with E-state index in [2.05, 4.69) is 5.32 Å². The summed E-state index contributed by atoms with van der Waals surface area (Å²) in [6.45, 7) is 4.35. The van der Waals surface area contributed by atoms with Gasteiger partial charge in [-0.3, -0.25) is 0 Å². The topological polar surface area (TPSA) is 21.3 Å². The van der Waals surface area contributed by atoms with Crippen LogP contribution in [0, 0.1) is 11.8 Å². The first-order chi connectivity index (χ1) is 7.95. The molecule has 1 aliphatic carbocycles. The molecule has 2 fully saturated rings. The van der Waals surface area contributed by atoms with Crippen LogP contribution in [0.15, 0.2) is 0 Å². The van der Waals surface area contributed by atoms with Crippen molar-refractivity contribution < 1.29 is 4.74 Å². The molecule has 94 valence electrons. The number of hydrogen-bond acceptors (Lipinski definition) is 2. The molecule has 2 aliphatic rings. The zero-order valence-electron chi connectivity index (χ0n) is 10.5. The van der Waals surface area contributed by atoms with Gasteiger partial charge in [0.2, 0.25) is 0 Å². The molecule has 0 spiro atoms. The molecular weight excluding hydrogens is 198 g/mol. The molecular formula is C14H27NO. The minimum atomic E-state index is 0.787. The van der Waals surface area contributed by atoms with Gasteiger partial charge in [-0.25, -0.2) is 0 Å². The van der Waals surface area contributed by atoms with Crippen molar-refractivity contribution >= 4 is 0 Å². The Morgan fingerprint density at radius 3 is 2.62 bits per heavy atom. The molecule has 0 radical (unpaired) electrons. The van der Waals surface area contributed by atoms with Crippen LogP contribution < -0.4 is 5.32 Å². The SMILES string of the molecule is C1CCC(CCCNCC2CCOC2)CC1. The van der Waals surface area contributed by atoms with Crippen molar-refractivity contribution in [3.8, 4) is 0 Å². The van der Waals surface area contributed by atoms with E-state index in [1.807, 2.05) is 0 Å². The summed E-state index contributed by atoms with van der Waals surface area (Å²) < 4.78 is 5.37. The summed E-state index contributed by atoms with van der Waals surface area (Å²) in [7, 11) is 0. The van der Waals surface area contributed by atoms with Crippen LogP contribution in [0.4, 0.5) is 0 Å². The quantitative estimate of drug-likeness (QED) is 0.702. The normalized spacial score (nSPS) is 27.4. The fraction of sp³-hybridized carbons (Fsp3) is 1.00. The Kier molecular flexibility index (Phi) is 5.64. The maximum atomic E-state index is 5.37. The first kappa shape index (κ1) is 12.4. The van der Waals surface area contributed by atoms with Gasteiger partial charge < -0.3 is 10.1 Å². The van der Waals surface area contributed by atoms with Crippen LogP contribution in [-0.2, 0) is 4.74 Å². The van der Waals surface area contributed by atoms with Crippen LogP contribution in [0.5, 0.6) is 0 Å². The number of nitrogens with one attached hydrogen (secondary N) is 1. The highest BCUT2D eigenvalue weighted by atomic mass is 16.5. The summed E-state index contributed by atoms with van der Waals surface area (Å²) in [6, 6.07) is 0. The van der Waals surface area contributed by atoms with E-state index >= 15 is 0 Å². The van der Waals surface area contributed by atoms with Crippen LogP contribution in [0.1, 0.15) is 51.4 Å². The molecule has 2 heteroatoms. The molecule has 0 amide bonds. The molecule has 2 rings (SSSR count). The van der Waals surface area contributed by atoms with Gasteiger partial charge >= 0.3 is 0 Å². The zero-order chi connectivity index (χ0) is 11.1. The smallest absolute Gasteiger partial charge is 0.0507 e. The monoisotopic (exact) mass is 225 g/mol. The van der Waals surface area contributed by atoms with E-state index in [1.165, 1.54) is 64.5 Å². The third-order valence-electron chi connectivity index (χ3n) is 4.15. The van der Waals surface area contributed by atoms with Gasteiger partial charge in [0.1, 0.15) is 0 Å². The number of rotatable bonds is 6. The maximum absolute atomic E-state index is 5.37. The minimum Gasteiger partial charge on any atom is -0.381 e. The Bertz CT molecular complexity index is 172. The van der Waals surface area contributed by atoms with E-state index in [0.29, 0.717) is 0 Å². The van der Waals surface area contributed by atoms with Crippen LogP contribution >= 0.6 is 0 Å². The predicted octanol–water partition coefficient (Wildman–Crippen LogP) is 2.97. The molecule has 16 heavy (non-hydrogen) atoms. The molecule has 0 aromatic carbocycles. The summed E-state index contributed by atoms with van der Waals surface area (Å²) in [5, 5.41) is 3.59. The van der Waals surface area contributed by atoms with Gasteiger partial charge in [-0.15, -0.1) is 0 Å². The average Bonchev–Trinajstić information content (AvgIpc) is 2.83. The molecule has 1 N–H and O–H groups in total. The van der Waals surface area contributed by atoms with Gasteiger partial charge in [0, 0.05) is 13.2 Å². The Hall–Kier alpha value is -0.0800. The summed E-state index contributed by atoms with van der Waals surface area (Å²) in [4.78, 5) is 0. The highest BCUT2D eigenvalue weighted by Gasteiger charge is 2.15. The fourth-order valence-corrected chi connectivity index (χ4v) is 3.04. The Labute approximate surface area is 100 Å². The van der Waals surface area contributed by atoms with Crippen molar-refractivity contribution in [1.82, 2.24) is 5.32 Å². The molecule has 1 saturated heterocycles. The molecule has 0 aromatic rings. The van der Waals surface area contributed by atoms with Crippen LogP contribution in [-0.4, -0.2) is 26.3 Å². The lowest BCUT2D eigenvalue weighted by Crippen LogP contribution is -2.24.